The maximum atomic E-state index is 9.95. The predicted molar refractivity (Wildman–Crippen MR) is 273 cm³/mol. The normalized spacial score (nSPS) is 11.0. The van der Waals surface area contributed by atoms with Crippen molar-refractivity contribution in [1.29, 1.82) is 5.41 Å². The second-order valence-corrected chi connectivity index (χ2v) is 16.3. The molecule has 0 fully saturated rings. The molecular formula is C62H42N4O. The second-order valence-electron chi connectivity index (χ2n) is 16.3. The average molecular weight is 859 g/mol. The van der Waals surface area contributed by atoms with E-state index in [1.54, 1.807) is 0 Å². The maximum Gasteiger partial charge on any atom is 0.164 e. The minimum Gasteiger partial charge on any atom is -0.455 e. The Bertz CT molecular complexity index is 3430. The first-order chi connectivity index (χ1) is 33.1. The highest BCUT2D eigenvalue weighted by Crippen LogP contribution is 2.46. The zero-order chi connectivity index (χ0) is 44.9. The molecule has 0 saturated heterocycles. The number of nitrogens with one attached hydrogen (secondary N) is 1. The lowest BCUT2D eigenvalue weighted by molar-refractivity contribution is 0.597. The monoisotopic (exact) mass is 858 g/mol. The Morgan fingerprint density at radius 2 is 0.642 bits per heavy atom. The lowest BCUT2D eigenvalue weighted by Gasteiger charge is -2.13. The summed E-state index contributed by atoms with van der Waals surface area (Å²) in [7, 11) is 0. The molecule has 9 aromatic carbocycles. The largest absolute Gasteiger partial charge is 0.455 e. The minimum atomic E-state index is 0.364. The van der Waals surface area contributed by atoms with Gasteiger partial charge in [-0.15, -0.1) is 0 Å². The number of hydrogen-bond donors (Lipinski definition) is 1. The first kappa shape index (κ1) is 40.7. The topological polar surface area (TPSA) is 75.7 Å². The van der Waals surface area contributed by atoms with Crippen molar-refractivity contribution >= 4 is 5.71 Å². The third kappa shape index (κ3) is 8.41. The van der Waals surface area contributed by atoms with E-state index < -0.39 is 0 Å². The van der Waals surface area contributed by atoms with E-state index in [1.807, 2.05) is 133 Å². The van der Waals surface area contributed by atoms with Crippen LogP contribution in [-0.2, 0) is 0 Å². The van der Waals surface area contributed by atoms with Gasteiger partial charge in [0.2, 0.25) is 0 Å². The van der Waals surface area contributed by atoms with Gasteiger partial charge in [-0.25, -0.2) is 15.0 Å². The first-order valence-corrected chi connectivity index (χ1v) is 22.3. The lowest BCUT2D eigenvalue weighted by Crippen LogP contribution is -2.04. The van der Waals surface area contributed by atoms with Gasteiger partial charge in [0.25, 0.3) is 0 Å². The Kier molecular flexibility index (Phi) is 11.1. The number of rotatable bonds is 11. The molecule has 0 amide bonds. The van der Waals surface area contributed by atoms with E-state index in [2.05, 4.69) is 115 Å². The van der Waals surface area contributed by atoms with Crippen LogP contribution in [0.1, 0.15) is 11.1 Å². The summed E-state index contributed by atoms with van der Waals surface area (Å²) >= 11 is 0. The van der Waals surface area contributed by atoms with Crippen LogP contribution in [0.3, 0.4) is 0 Å². The van der Waals surface area contributed by atoms with Crippen LogP contribution in [-0.4, -0.2) is 20.7 Å². The fourth-order valence-electron chi connectivity index (χ4n) is 8.65. The standard InChI is InChI=1S/C62H42N4O/c63-57(46-26-13-4-14-27-46)56-55(59(67-58(56)47-28-15-5-16-29-47)54-40-52(43-22-9-2-10-23-43)39-53(41-54)44-24-11-3-12-25-44)45-34-36-49(37-35-45)61-64-60(48-30-17-6-18-31-48)65-62(66-61)51-33-19-32-50(38-51)42-20-7-1-8-21-42/h1-41,63H. The highest BCUT2D eigenvalue weighted by molar-refractivity contribution is 6.19. The Morgan fingerprint density at radius 3 is 1.16 bits per heavy atom. The van der Waals surface area contributed by atoms with Crippen LogP contribution in [0.2, 0.25) is 0 Å². The number of benzene rings is 9. The van der Waals surface area contributed by atoms with Crippen LogP contribution in [0.4, 0.5) is 0 Å². The molecule has 11 rings (SSSR count). The summed E-state index contributed by atoms with van der Waals surface area (Å²) in [4.78, 5) is 15.2. The predicted octanol–water partition coefficient (Wildman–Crippen LogP) is 15.9. The molecule has 5 heteroatoms. The molecule has 0 aliphatic carbocycles. The maximum absolute atomic E-state index is 9.95. The summed E-state index contributed by atoms with van der Waals surface area (Å²) in [5.41, 5.74) is 14.5. The summed E-state index contributed by atoms with van der Waals surface area (Å²) in [6.45, 7) is 0. The van der Waals surface area contributed by atoms with Gasteiger partial charge in [-0.1, -0.05) is 224 Å². The van der Waals surface area contributed by atoms with Crippen molar-refractivity contribution in [2.75, 3.05) is 0 Å². The summed E-state index contributed by atoms with van der Waals surface area (Å²) in [6.07, 6.45) is 0. The van der Waals surface area contributed by atoms with Gasteiger partial charge in [-0.3, -0.25) is 5.41 Å². The van der Waals surface area contributed by atoms with E-state index >= 15 is 0 Å². The number of nitrogens with zero attached hydrogens (tertiary/aromatic N) is 3. The molecule has 0 bridgehead atoms. The quantitative estimate of drug-likeness (QED) is 0.131. The molecule has 67 heavy (non-hydrogen) atoms. The molecule has 0 atom stereocenters. The Balaban J connectivity index is 1.11. The van der Waals surface area contributed by atoms with Gasteiger partial charge in [0.1, 0.15) is 11.5 Å². The van der Waals surface area contributed by atoms with Crippen LogP contribution >= 0.6 is 0 Å². The third-order valence-electron chi connectivity index (χ3n) is 12.0. The molecule has 11 aromatic rings. The zero-order valence-electron chi connectivity index (χ0n) is 36.4. The van der Waals surface area contributed by atoms with Gasteiger partial charge in [0, 0.05) is 38.9 Å². The molecule has 2 heterocycles. The minimum absolute atomic E-state index is 0.364. The summed E-state index contributed by atoms with van der Waals surface area (Å²) in [5.74, 6) is 3.02. The molecule has 316 valence electrons. The Morgan fingerprint density at radius 1 is 0.284 bits per heavy atom. The third-order valence-corrected chi connectivity index (χ3v) is 12.0. The molecular weight excluding hydrogens is 817 g/mol. The average Bonchev–Trinajstić information content (AvgIpc) is 3.83. The molecule has 0 unspecified atom stereocenters. The van der Waals surface area contributed by atoms with Crippen LogP contribution in [0.5, 0.6) is 0 Å². The molecule has 1 N–H and O–H groups in total. The molecule has 5 nitrogen and oxygen atoms in total. The van der Waals surface area contributed by atoms with E-state index in [4.69, 9.17) is 19.4 Å². The van der Waals surface area contributed by atoms with Crippen molar-refractivity contribution < 1.29 is 4.42 Å². The van der Waals surface area contributed by atoms with Crippen molar-refractivity contribution in [3.8, 4) is 101 Å². The molecule has 2 aromatic heterocycles. The van der Waals surface area contributed by atoms with E-state index in [0.29, 0.717) is 40.3 Å². The highest BCUT2D eigenvalue weighted by Gasteiger charge is 2.28. The smallest absolute Gasteiger partial charge is 0.164 e. The van der Waals surface area contributed by atoms with Crippen molar-refractivity contribution in [2.24, 2.45) is 0 Å². The van der Waals surface area contributed by atoms with Gasteiger partial charge in [-0.05, 0) is 63.2 Å². The van der Waals surface area contributed by atoms with Crippen molar-refractivity contribution in [3.05, 3.63) is 260 Å². The fourth-order valence-corrected chi connectivity index (χ4v) is 8.65. The molecule has 0 aliphatic rings. The number of furan rings is 1. The number of aromatic nitrogens is 3. The van der Waals surface area contributed by atoms with E-state index in [0.717, 1.165) is 77.9 Å². The Labute approximate surface area is 390 Å². The van der Waals surface area contributed by atoms with Crippen LogP contribution in [0.15, 0.2) is 253 Å². The zero-order valence-corrected chi connectivity index (χ0v) is 36.4. The van der Waals surface area contributed by atoms with Gasteiger partial charge in [0.15, 0.2) is 17.5 Å². The summed E-state index contributed by atoms with van der Waals surface area (Å²) in [6, 6.07) is 84.6. The first-order valence-electron chi connectivity index (χ1n) is 22.3. The highest BCUT2D eigenvalue weighted by atomic mass is 16.3. The lowest BCUT2D eigenvalue weighted by atomic mass is 9.89. The van der Waals surface area contributed by atoms with Gasteiger partial charge in [0.05, 0.1) is 11.3 Å². The van der Waals surface area contributed by atoms with Crippen LogP contribution in [0, 0.1) is 5.41 Å². The van der Waals surface area contributed by atoms with Crippen LogP contribution < -0.4 is 0 Å². The molecule has 0 aliphatic heterocycles. The van der Waals surface area contributed by atoms with Crippen molar-refractivity contribution in [3.63, 3.8) is 0 Å². The number of hydrogen-bond acceptors (Lipinski definition) is 5. The fraction of sp³-hybridized carbons (Fsp3) is 0. The SMILES string of the molecule is N=C(c1ccccc1)c1c(-c2ccccc2)oc(-c2cc(-c3ccccc3)cc(-c3ccccc3)c2)c1-c1ccc(-c2nc(-c3ccccc3)nc(-c3cccc(-c4ccccc4)c3)n2)cc1. The Hall–Kier alpha value is -9.06. The van der Waals surface area contributed by atoms with E-state index in [9.17, 15) is 5.41 Å². The second kappa shape index (κ2) is 18.2. The van der Waals surface area contributed by atoms with Crippen molar-refractivity contribution in [2.45, 2.75) is 0 Å². The van der Waals surface area contributed by atoms with Crippen molar-refractivity contribution in [1.82, 2.24) is 15.0 Å². The van der Waals surface area contributed by atoms with E-state index in [-0.39, 0.29) is 0 Å². The molecule has 0 saturated carbocycles. The van der Waals surface area contributed by atoms with Gasteiger partial charge >= 0.3 is 0 Å². The van der Waals surface area contributed by atoms with Gasteiger partial charge in [-0.2, -0.15) is 0 Å². The van der Waals surface area contributed by atoms with Gasteiger partial charge < -0.3 is 4.42 Å². The van der Waals surface area contributed by atoms with E-state index in [1.165, 1.54) is 0 Å². The summed E-state index contributed by atoms with van der Waals surface area (Å²) in [5, 5.41) is 9.95. The summed E-state index contributed by atoms with van der Waals surface area (Å²) < 4.78 is 7.21. The molecule has 0 spiro atoms. The molecule has 0 radical (unpaired) electrons. The van der Waals surface area contributed by atoms with Crippen LogP contribution in [0.25, 0.3) is 101 Å².